The molecule has 0 amide bonds. The van der Waals surface area contributed by atoms with Gasteiger partial charge in [-0.05, 0) is 13.5 Å². The van der Waals surface area contributed by atoms with E-state index in [1.165, 1.54) is 6.42 Å². The van der Waals surface area contributed by atoms with Crippen molar-refractivity contribution in [2.45, 2.75) is 19.8 Å². The van der Waals surface area contributed by atoms with Crippen LogP contribution in [-0.2, 0) is 4.74 Å². The fourth-order valence-electron chi connectivity index (χ4n) is 1.65. The van der Waals surface area contributed by atoms with Crippen molar-refractivity contribution in [2.75, 3.05) is 26.8 Å². The predicted molar refractivity (Wildman–Crippen MR) is 60.4 cm³/mol. The summed E-state index contributed by atoms with van der Waals surface area (Å²) in [5.74, 6) is 0. The third kappa shape index (κ3) is 3.28. The molecular weight excluding hydrogens is 174 g/mol. The summed E-state index contributed by atoms with van der Waals surface area (Å²) in [7, 11) is 1.98. The molecule has 0 heterocycles. The number of hydrogen-bond acceptors (Lipinski definition) is 2. The molecule has 80 valence electrons. The average Bonchev–Trinajstić information content (AvgIpc) is 2.63. The maximum absolute atomic E-state index is 5.67. The molecule has 1 rings (SSSR count). The molecule has 2 nitrogen and oxygen atoms in total. The summed E-state index contributed by atoms with van der Waals surface area (Å²) >= 11 is 0. The smallest absolute Gasteiger partial charge is 0.0604 e. The van der Waals surface area contributed by atoms with Gasteiger partial charge in [-0.1, -0.05) is 37.6 Å². The Kier molecular flexibility index (Phi) is 4.91. The summed E-state index contributed by atoms with van der Waals surface area (Å²) in [6.07, 6.45) is 11.0. The highest BCUT2D eigenvalue weighted by molar-refractivity contribution is 5.25. The van der Waals surface area contributed by atoms with E-state index in [9.17, 15) is 0 Å². The lowest BCUT2D eigenvalue weighted by Crippen LogP contribution is -2.32. The van der Waals surface area contributed by atoms with Gasteiger partial charge in [0.05, 0.1) is 6.61 Å². The van der Waals surface area contributed by atoms with E-state index in [2.05, 4.69) is 36.5 Å². The first-order valence-electron chi connectivity index (χ1n) is 5.42. The molecule has 0 aromatic carbocycles. The summed E-state index contributed by atoms with van der Waals surface area (Å²) in [5.41, 5.74) is 0.0997. The van der Waals surface area contributed by atoms with Crippen LogP contribution < -0.4 is 5.32 Å². The molecule has 14 heavy (non-hydrogen) atoms. The zero-order valence-corrected chi connectivity index (χ0v) is 9.25. The van der Waals surface area contributed by atoms with Crippen LogP contribution in [-0.4, -0.2) is 26.8 Å². The SMILES string of the molecule is CCCCOCC1(CNC)C=CC=C1. The quantitative estimate of drug-likeness (QED) is 0.628. The summed E-state index contributed by atoms with van der Waals surface area (Å²) in [5, 5.41) is 3.21. The van der Waals surface area contributed by atoms with Crippen LogP contribution in [0.1, 0.15) is 19.8 Å². The lowest BCUT2D eigenvalue weighted by Gasteiger charge is -2.24. The van der Waals surface area contributed by atoms with Crippen molar-refractivity contribution >= 4 is 0 Å². The molecule has 0 aromatic rings. The van der Waals surface area contributed by atoms with Crippen LogP contribution in [0.15, 0.2) is 24.3 Å². The Morgan fingerprint density at radius 1 is 1.29 bits per heavy atom. The van der Waals surface area contributed by atoms with Gasteiger partial charge in [0.25, 0.3) is 0 Å². The van der Waals surface area contributed by atoms with Crippen molar-refractivity contribution in [2.24, 2.45) is 5.41 Å². The minimum Gasteiger partial charge on any atom is -0.380 e. The Labute approximate surface area is 87.0 Å². The normalized spacial score (nSPS) is 17.9. The molecule has 0 unspecified atom stereocenters. The van der Waals surface area contributed by atoms with E-state index < -0.39 is 0 Å². The van der Waals surface area contributed by atoms with Gasteiger partial charge >= 0.3 is 0 Å². The van der Waals surface area contributed by atoms with E-state index in [-0.39, 0.29) is 5.41 Å². The summed E-state index contributed by atoms with van der Waals surface area (Å²) in [6.45, 7) is 4.80. The lowest BCUT2D eigenvalue weighted by atomic mass is 9.91. The van der Waals surface area contributed by atoms with Gasteiger partial charge in [-0.15, -0.1) is 0 Å². The molecule has 1 aliphatic carbocycles. The monoisotopic (exact) mass is 195 g/mol. The fourth-order valence-corrected chi connectivity index (χ4v) is 1.65. The molecule has 2 heteroatoms. The molecule has 0 saturated heterocycles. The van der Waals surface area contributed by atoms with Crippen molar-refractivity contribution in [3.05, 3.63) is 24.3 Å². The zero-order valence-electron chi connectivity index (χ0n) is 9.25. The Bertz CT molecular complexity index is 196. The second-order valence-electron chi connectivity index (χ2n) is 3.89. The highest BCUT2D eigenvalue weighted by atomic mass is 16.5. The van der Waals surface area contributed by atoms with Crippen LogP contribution in [0.4, 0.5) is 0 Å². The first kappa shape index (κ1) is 11.5. The van der Waals surface area contributed by atoms with E-state index in [0.29, 0.717) is 0 Å². The van der Waals surface area contributed by atoms with Crippen LogP contribution >= 0.6 is 0 Å². The van der Waals surface area contributed by atoms with Crippen LogP contribution in [0.2, 0.25) is 0 Å². The van der Waals surface area contributed by atoms with E-state index in [1.807, 2.05) is 7.05 Å². The van der Waals surface area contributed by atoms with Crippen molar-refractivity contribution in [3.8, 4) is 0 Å². The molecule has 0 aromatic heterocycles. The van der Waals surface area contributed by atoms with Crippen molar-refractivity contribution < 1.29 is 4.74 Å². The van der Waals surface area contributed by atoms with Crippen molar-refractivity contribution in [1.82, 2.24) is 5.32 Å². The lowest BCUT2D eigenvalue weighted by molar-refractivity contribution is 0.0866. The molecule has 1 aliphatic rings. The zero-order chi connectivity index (χ0) is 10.3. The molecule has 0 spiro atoms. The third-order valence-corrected chi connectivity index (χ3v) is 2.49. The van der Waals surface area contributed by atoms with Crippen LogP contribution in [0.3, 0.4) is 0 Å². The van der Waals surface area contributed by atoms with E-state index in [1.54, 1.807) is 0 Å². The van der Waals surface area contributed by atoms with Gasteiger partial charge in [0.2, 0.25) is 0 Å². The van der Waals surface area contributed by atoms with Gasteiger partial charge < -0.3 is 10.1 Å². The van der Waals surface area contributed by atoms with Gasteiger partial charge in [0.15, 0.2) is 0 Å². The van der Waals surface area contributed by atoms with Gasteiger partial charge in [-0.2, -0.15) is 0 Å². The van der Waals surface area contributed by atoms with Crippen LogP contribution in [0.25, 0.3) is 0 Å². The second kappa shape index (κ2) is 5.99. The summed E-state index contributed by atoms with van der Waals surface area (Å²) in [4.78, 5) is 0. The van der Waals surface area contributed by atoms with Crippen molar-refractivity contribution in [1.29, 1.82) is 0 Å². The number of nitrogens with one attached hydrogen (secondary N) is 1. The Balaban J connectivity index is 2.30. The molecule has 0 atom stereocenters. The molecular formula is C12H21NO. The van der Waals surface area contributed by atoms with Gasteiger partial charge in [-0.3, -0.25) is 0 Å². The number of allylic oxidation sites excluding steroid dienone is 2. The minimum atomic E-state index is 0.0997. The first-order valence-corrected chi connectivity index (χ1v) is 5.42. The largest absolute Gasteiger partial charge is 0.380 e. The van der Waals surface area contributed by atoms with E-state index in [4.69, 9.17) is 4.74 Å². The molecule has 0 radical (unpaired) electrons. The molecule has 0 aliphatic heterocycles. The van der Waals surface area contributed by atoms with Crippen LogP contribution in [0.5, 0.6) is 0 Å². The van der Waals surface area contributed by atoms with E-state index in [0.717, 1.165) is 26.2 Å². The first-order chi connectivity index (χ1) is 6.83. The second-order valence-corrected chi connectivity index (χ2v) is 3.89. The minimum absolute atomic E-state index is 0.0997. The Hall–Kier alpha value is -0.600. The Morgan fingerprint density at radius 3 is 2.57 bits per heavy atom. The number of rotatable bonds is 7. The molecule has 0 fully saturated rings. The predicted octanol–water partition coefficient (Wildman–Crippen LogP) is 2.13. The number of hydrogen-bond donors (Lipinski definition) is 1. The van der Waals surface area contributed by atoms with Gasteiger partial charge in [0.1, 0.15) is 0 Å². The maximum Gasteiger partial charge on any atom is 0.0604 e. The maximum atomic E-state index is 5.67. The van der Waals surface area contributed by atoms with Crippen molar-refractivity contribution in [3.63, 3.8) is 0 Å². The van der Waals surface area contributed by atoms with E-state index >= 15 is 0 Å². The summed E-state index contributed by atoms with van der Waals surface area (Å²) < 4.78 is 5.67. The Morgan fingerprint density at radius 2 is 2.00 bits per heavy atom. The number of ether oxygens (including phenoxy) is 1. The van der Waals surface area contributed by atoms with Gasteiger partial charge in [-0.25, -0.2) is 0 Å². The molecule has 0 saturated carbocycles. The average molecular weight is 195 g/mol. The van der Waals surface area contributed by atoms with Crippen LogP contribution in [0, 0.1) is 5.41 Å². The topological polar surface area (TPSA) is 21.3 Å². The molecule has 0 bridgehead atoms. The fraction of sp³-hybridized carbons (Fsp3) is 0.667. The summed E-state index contributed by atoms with van der Waals surface area (Å²) in [6, 6.07) is 0. The standard InChI is InChI=1S/C12H21NO/c1-3-4-9-14-11-12(10-13-2)7-5-6-8-12/h5-8,13H,3-4,9-11H2,1-2H3. The highest BCUT2D eigenvalue weighted by Gasteiger charge is 2.25. The number of unbranched alkanes of at least 4 members (excludes halogenated alkanes) is 1. The molecule has 1 N–H and O–H groups in total. The highest BCUT2D eigenvalue weighted by Crippen LogP contribution is 2.25. The van der Waals surface area contributed by atoms with Gasteiger partial charge in [0, 0.05) is 18.6 Å². The third-order valence-electron chi connectivity index (χ3n) is 2.49.